The van der Waals surface area contributed by atoms with E-state index in [2.05, 4.69) is 26.8 Å². The minimum absolute atomic E-state index is 0.248. The van der Waals surface area contributed by atoms with Crippen molar-refractivity contribution in [2.45, 2.75) is 72.1 Å². The summed E-state index contributed by atoms with van der Waals surface area (Å²) in [5, 5.41) is 0. The van der Waals surface area contributed by atoms with Crippen molar-refractivity contribution in [2.24, 2.45) is 40.4 Å². The van der Waals surface area contributed by atoms with E-state index < -0.39 is 0 Å². The molecule has 0 bridgehead atoms. The van der Waals surface area contributed by atoms with E-state index in [1.807, 2.05) is 6.08 Å². The lowest BCUT2D eigenvalue weighted by Gasteiger charge is -2.58. The van der Waals surface area contributed by atoms with Crippen molar-refractivity contribution in [3.63, 3.8) is 0 Å². The van der Waals surface area contributed by atoms with Gasteiger partial charge in [0.15, 0.2) is 5.78 Å². The number of carbonyl (C=O) groups excluding carboxylic acids is 2. The lowest BCUT2D eigenvalue weighted by atomic mass is 9.46. The van der Waals surface area contributed by atoms with Gasteiger partial charge in [0.1, 0.15) is 0 Å². The van der Waals surface area contributed by atoms with Gasteiger partial charge in [-0.2, -0.15) is 0 Å². The summed E-state index contributed by atoms with van der Waals surface area (Å²) in [6.07, 6.45) is 15.1. The number of allylic oxidation sites excluding steroid dienone is 2. The number of hydrogen-bond donors (Lipinski definition) is 0. The van der Waals surface area contributed by atoms with Gasteiger partial charge >= 0.3 is 5.97 Å². The molecule has 0 spiro atoms. The molecule has 3 heteroatoms. The highest BCUT2D eigenvalue weighted by Gasteiger charge is 2.59. The number of rotatable bonds is 3. The largest absolute Gasteiger partial charge is 0.466 e. The second-order valence-electron chi connectivity index (χ2n) is 10.4. The zero-order chi connectivity index (χ0) is 20.1. The van der Waals surface area contributed by atoms with Crippen molar-refractivity contribution >= 4 is 11.8 Å². The Labute approximate surface area is 170 Å². The van der Waals surface area contributed by atoms with E-state index in [0.717, 1.165) is 37.0 Å². The normalized spacial score (nSPS) is 43.7. The highest BCUT2D eigenvalue weighted by molar-refractivity contribution is 5.91. The molecule has 0 amide bonds. The van der Waals surface area contributed by atoms with Gasteiger partial charge in [-0.05, 0) is 91.4 Å². The number of hydrogen-bond acceptors (Lipinski definition) is 3. The Morgan fingerprint density at radius 3 is 2.68 bits per heavy atom. The predicted molar refractivity (Wildman–Crippen MR) is 111 cm³/mol. The van der Waals surface area contributed by atoms with Crippen LogP contribution in [0.15, 0.2) is 23.8 Å². The number of esters is 1. The standard InChI is InChI=1S/C25H36O3/c1-16(5-10-23(27)28-4)20-8-9-21-19-7-6-17-15-18(26)11-13-24(17,2)22(19)12-14-25(20,21)3/h5,10,15-16,19-22H,6-9,11-14H2,1-4H3. The molecule has 3 saturated carbocycles. The summed E-state index contributed by atoms with van der Waals surface area (Å²) >= 11 is 0. The summed E-state index contributed by atoms with van der Waals surface area (Å²) in [7, 11) is 1.44. The monoisotopic (exact) mass is 384 g/mol. The van der Waals surface area contributed by atoms with E-state index in [4.69, 9.17) is 4.74 Å². The maximum Gasteiger partial charge on any atom is 0.330 e. The molecule has 7 atom stereocenters. The van der Waals surface area contributed by atoms with Gasteiger partial charge in [-0.25, -0.2) is 4.79 Å². The average molecular weight is 385 g/mol. The maximum atomic E-state index is 12.0. The Morgan fingerprint density at radius 2 is 1.93 bits per heavy atom. The molecule has 4 aliphatic carbocycles. The van der Waals surface area contributed by atoms with Gasteiger partial charge < -0.3 is 4.74 Å². The predicted octanol–water partition coefficient (Wildman–Crippen LogP) is 5.50. The van der Waals surface area contributed by atoms with Gasteiger partial charge in [0.2, 0.25) is 0 Å². The van der Waals surface area contributed by atoms with Crippen molar-refractivity contribution in [3.8, 4) is 0 Å². The Balaban J connectivity index is 1.55. The van der Waals surface area contributed by atoms with E-state index in [1.165, 1.54) is 44.8 Å². The van der Waals surface area contributed by atoms with Crippen LogP contribution in [-0.2, 0) is 14.3 Å². The summed E-state index contributed by atoms with van der Waals surface area (Å²) in [4.78, 5) is 23.5. The van der Waals surface area contributed by atoms with Crippen molar-refractivity contribution in [2.75, 3.05) is 7.11 Å². The number of fused-ring (bicyclic) bond motifs is 5. The Bertz CT molecular complexity index is 719. The first-order valence-corrected chi connectivity index (χ1v) is 11.3. The molecule has 4 aliphatic rings. The summed E-state index contributed by atoms with van der Waals surface area (Å²) in [6.45, 7) is 7.27. The molecule has 0 aromatic heterocycles. The zero-order valence-corrected chi connectivity index (χ0v) is 18.0. The van der Waals surface area contributed by atoms with Gasteiger partial charge in [0.05, 0.1) is 7.11 Å². The molecule has 0 aromatic carbocycles. The zero-order valence-electron chi connectivity index (χ0n) is 18.0. The van der Waals surface area contributed by atoms with Gasteiger partial charge in [-0.15, -0.1) is 0 Å². The molecule has 4 rings (SSSR count). The molecule has 7 unspecified atom stereocenters. The summed E-state index contributed by atoms with van der Waals surface area (Å²) in [5.41, 5.74) is 2.09. The minimum atomic E-state index is -0.248. The van der Waals surface area contributed by atoms with Gasteiger partial charge in [-0.1, -0.05) is 32.4 Å². The lowest BCUT2D eigenvalue weighted by molar-refractivity contribution is -0.134. The van der Waals surface area contributed by atoms with Crippen LogP contribution in [0.25, 0.3) is 0 Å². The van der Waals surface area contributed by atoms with E-state index in [9.17, 15) is 9.59 Å². The van der Waals surface area contributed by atoms with Crippen molar-refractivity contribution in [1.82, 2.24) is 0 Å². The van der Waals surface area contributed by atoms with Crippen LogP contribution < -0.4 is 0 Å². The molecule has 0 saturated heterocycles. The number of ketones is 1. The number of ether oxygens (including phenoxy) is 1. The average Bonchev–Trinajstić information content (AvgIpc) is 3.03. The van der Waals surface area contributed by atoms with Crippen LogP contribution in [0.2, 0.25) is 0 Å². The molecular weight excluding hydrogens is 348 g/mol. The van der Waals surface area contributed by atoms with Gasteiger partial charge in [0.25, 0.3) is 0 Å². The Hall–Kier alpha value is -1.38. The lowest BCUT2D eigenvalue weighted by Crippen LogP contribution is -2.50. The highest BCUT2D eigenvalue weighted by Crippen LogP contribution is 2.67. The van der Waals surface area contributed by atoms with Crippen LogP contribution in [0.4, 0.5) is 0 Å². The second kappa shape index (κ2) is 7.15. The van der Waals surface area contributed by atoms with Crippen LogP contribution in [0.1, 0.15) is 72.1 Å². The molecule has 0 heterocycles. The molecule has 0 N–H and O–H groups in total. The first-order chi connectivity index (χ1) is 13.3. The van der Waals surface area contributed by atoms with Crippen LogP contribution in [0.5, 0.6) is 0 Å². The third-order valence-corrected chi connectivity index (χ3v) is 9.41. The maximum absolute atomic E-state index is 12.0. The second-order valence-corrected chi connectivity index (χ2v) is 10.4. The molecular formula is C25H36O3. The fourth-order valence-electron chi connectivity index (χ4n) is 7.90. The summed E-state index contributed by atoms with van der Waals surface area (Å²) < 4.78 is 4.78. The molecule has 3 fully saturated rings. The molecule has 0 aromatic rings. The Kier molecular flexibility index (Phi) is 5.08. The van der Waals surface area contributed by atoms with E-state index in [1.54, 1.807) is 6.08 Å². The minimum Gasteiger partial charge on any atom is -0.466 e. The fraction of sp³-hybridized carbons (Fsp3) is 0.760. The molecule has 0 aliphatic heterocycles. The van der Waals surface area contributed by atoms with E-state index in [0.29, 0.717) is 23.0 Å². The topological polar surface area (TPSA) is 43.4 Å². The van der Waals surface area contributed by atoms with Crippen molar-refractivity contribution in [3.05, 3.63) is 23.8 Å². The van der Waals surface area contributed by atoms with Gasteiger partial charge in [-0.3, -0.25) is 4.79 Å². The van der Waals surface area contributed by atoms with Crippen LogP contribution in [0.3, 0.4) is 0 Å². The van der Waals surface area contributed by atoms with Crippen molar-refractivity contribution < 1.29 is 14.3 Å². The SMILES string of the molecule is COC(=O)C=CC(C)C1CCC2C3CCC4=CC(=O)CCC4(C)C3CCC12C. The van der Waals surface area contributed by atoms with E-state index >= 15 is 0 Å². The summed E-state index contributed by atoms with van der Waals surface area (Å²) in [6, 6.07) is 0. The highest BCUT2D eigenvalue weighted by atomic mass is 16.5. The molecule has 0 radical (unpaired) electrons. The Morgan fingerprint density at radius 1 is 1.14 bits per heavy atom. The summed E-state index contributed by atoms with van der Waals surface area (Å²) in [5.74, 6) is 3.50. The number of methoxy groups -OCH3 is 1. The van der Waals surface area contributed by atoms with Crippen molar-refractivity contribution in [1.29, 1.82) is 0 Å². The third-order valence-electron chi connectivity index (χ3n) is 9.41. The van der Waals surface area contributed by atoms with Crippen LogP contribution in [-0.4, -0.2) is 18.9 Å². The van der Waals surface area contributed by atoms with E-state index in [-0.39, 0.29) is 11.4 Å². The third kappa shape index (κ3) is 3.00. The first kappa shape index (κ1) is 19.9. The molecule has 154 valence electrons. The number of carbonyl (C=O) groups is 2. The smallest absolute Gasteiger partial charge is 0.330 e. The van der Waals surface area contributed by atoms with Crippen LogP contribution in [0, 0.1) is 40.4 Å². The van der Waals surface area contributed by atoms with Crippen LogP contribution >= 0.6 is 0 Å². The van der Waals surface area contributed by atoms with Gasteiger partial charge in [0, 0.05) is 12.5 Å². The molecule has 3 nitrogen and oxygen atoms in total. The fourth-order valence-corrected chi connectivity index (χ4v) is 7.90. The first-order valence-electron chi connectivity index (χ1n) is 11.3. The quantitative estimate of drug-likeness (QED) is 0.477. The molecule has 28 heavy (non-hydrogen) atoms.